The molecule has 1 aliphatic heterocycles. The summed E-state index contributed by atoms with van der Waals surface area (Å²) in [5.41, 5.74) is 8.26. The third-order valence-electron chi connectivity index (χ3n) is 5.91. The Bertz CT molecular complexity index is 1340. The fraction of sp³-hybridized carbons (Fsp3) is 0.370. The van der Waals surface area contributed by atoms with Gasteiger partial charge in [-0.25, -0.2) is 15.0 Å². The van der Waals surface area contributed by atoms with Gasteiger partial charge >= 0.3 is 0 Å². The molecule has 13 heteroatoms. The number of carbonyl (C=O) groups excluding carboxylic acids is 1. The van der Waals surface area contributed by atoms with Gasteiger partial charge in [-0.15, -0.1) is 0 Å². The quantitative estimate of drug-likeness (QED) is 0.267. The highest BCUT2D eigenvalue weighted by Crippen LogP contribution is 2.33. The molecule has 3 rings (SSSR count). The van der Waals surface area contributed by atoms with Gasteiger partial charge in [0.15, 0.2) is 5.84 Å². The highest BCUT2D eigenvalue weighted by atomic mass is 35.5. The van der Waals surface area contributed by atoms with Crippen molar-refractivity contribution >= 4 is 58.1 Å². The molecule has 0 atom stereocenters. The van der Waals surface area contributed by atoms with Crippen LogP contribution in [0.3, 0.4) is 0 Å². The Morgan fingerprint density at radius 2 is 1.95 bits per heavy atom. The number of amides is 1. The summed E-state index contributed by atoms with van der Waals surface area (Å²) in [4.78, 5) is 33.0. The van der Waals surface area contributed by atoms with Crippen molar-refractivity contribution in [1.82, 2.24) is 20.6 Å². The first kappa shape index (κ1) is 30.9. The van der Waals surface area contributed by atoms with Crippen LogP contribution in [0.25, 0.3) is 0 Å². The van der Waals surface area contributed by atoms with Crippen molar-refractivity contribution in [2.24, 2.45) is 21.1 Å². The van der Waals surface area contributed by atoms with Crippen molar-refractivity contribution in [2.75, 3.05) is 50.6 Å². The number of carbonyl (C=O) groups is 1. The Balaban J connectivity index is 1.98. The first-order valence-electron chi connectivity index (χ1n) is 12.6. The van der Waals surface area contributed by atoms with Crippen molar-refractivity contribution in [2.45, 2.75) is 20.8 Å². The molecule has 1 aliphatic rings. The SMILES string of the molecule is C=CNc1cnc(N2CCOCC2)nc1C(N)=Nc1cc(Cl)cc(C(=O)NC(C=C(NC)C(C)(C)C)=NC)c1Cl. The number of amidine groups is 2. The maximum atomic E-state index is 13.3. The lowest BCUT2D eigenvalue weighted by Gasteiger charge is -2.27. The lowest BCUT2D eigenvalue weighted by molar-refractivity contribution is 0.0977. The van der Waals surface area contributed by atoms with E-state index in [1.807, 2.05) is 32.7 Å². The molecule has 1 saturated heterocycles. The standard InChI is InChI=1S/C27H35Cl2N9O2/c1-7-33-19-15-34-26(38-8-10-40-11-9-38)37-23(19)24(30)35-18-13-16(28)12-17(22(18)29)25(39)36-21(32-6)14-20(31-5)27(2,3)4/h7,12-15,31,33H,1,8-11H2,2-6H3,(H2,30,35)(H,32,36,39). The molecule has 0 radical (unpaired) electrons. The van der Waals surface area contributed by atoms with Gasteiger partial charge in [0.2, 0.25) is 5.95 Å². The summed E-state index contributed by atoms with van der Waals surface area (Å²) in [6.07, 6.45) is 4.85. The first-order valence-corrected chi connectivity index (χ1v) is 13.3. The Hall–Kier alpha value is -3.67. The number of allylic oxidation sites excluding steroid dienone is 1. The summed E-state index contributed by atoms with van der Waals surface area (Å²) in [6, 6.07) is 2.98. The zero-order chi connectivity index (χ0) is 29.4. The van der Waals surface area contributed by atoms with Gasteiger partial charge < -0.3 is 31.3 Å². The van der Waals surface area contributed by atoms with E-state index in [4.69, 9.17) is 33.7 Å². The average Bonchev–Trinajstić information content (AvgIpc) is 2.92. The van der Waals surface area contributed by atoms with Crippen LogP contribution in [-0.4, -0.2) is 67.9 Å². The largest absolute Gasteiger partial charge is 0.391 e. The molecule has 0 spiro atoms. The second kappa shape index (κ2) is 13.6. The number of hydrogen-bond acceptors (Lipinski definition) is 9. The van der Waals surface area contributed by atoms with Crippen molar-refractivity contribution in [3.8, 4) is 0 Å². The number of ether oxygens (including phenoxy) is 1. The molecule has 0 aliphatic carbocycles. The van der Waals surface area contributed by atoms with E-state index in [0.717, 1.165) is 5.70 Å². The van der Waals surface area contributed by atoms with Crippen molar-refractivity contribution in [3.63, 3.8) is 0 Å². The Morgan fingerprint density at radius 1 is 1.25 bits per heavy atom. The number of nitrogens with zero attached hydrogens (tertiary/aromatic N) is 5. The molecule has 1 amide bonds. The molecule has 40 heavy (non-hydrogen) atoms. The van der Waals surface area contributed by atoms with Gasteiger partial charge in [0.1, 0.15) is 11.5 Å². The molecular formula is C27H35Cl2N9O2. The van der Waals surface area contributed by atoms with E-state index >= 15 is 0 Å². The molecule has 1 aromatic heterocycles. The van der Waals surface area contributed by atoms with E-state index in [1.165, 1.54) is 18.3 Å². The summed E-state index contributed by atoms with van der Waals surface area (Å²) < 4.78 is 5.42. The molecule has 0 saturated carbocycles. The maximum Gasteiger partial charge on any atom is 0.258 e. The van der Waals surface area contributed by atoms with E-state index in [9.17, 15) is 4.79 Å². The predicted molar refractivity (Wildman–Crippen MR) is 163 cm³/mol. The first-order chi connectivity index (χ1) is 19.0. The predicted octanol–water partition coefficient (Wildman–Crippen LogP) is 4.12. The molecule has 0 unspecified atom stereocenters. The molecule has 0 bridgehead atoms. The average molecular weight is 589 g/mol. The third kappa shape index (κ3) is 7.71. The molecule has 11 nitrogen and oxygen atoms in total. The molecule has 1 fully saturated rings. The summed E-state index contributed by atoms with van der Waals surface area (Å²) in [5, 5.41) is 9.22. The lowest BCUT2D eigenvalue weighted by atomic mass is 9.91. The van der Waals surface area contributed by atoms with Gasteiger partial charge in [-0.05, 0) is 24.4 Å². The van der Waals surface area contributed by atoms with Gasteiger partial charge in [-0.2, -0.15) is 0 Å². The minimum absolute atomic E-state index is 0.0411. The number of morpholine rings is 1. The van der Waals surface area contributed by atoms with Gasteiger partial charge in [0.05, 0.1) is 41.4 Å². The van der Waals surface area contributed by atoms with Crippen LogP contribution in [0.1, 0.15) is 36.8 Å². The monoisotopic (exact) mass is 587 g/mol. The smallest absolute Gasteiger partial charge is 0.258 e. The molecule has 2 heterocycles. The fourth-order valence-electron chi connectivity index (χ4n) is 3.84. The maximum absolute atomic E-state index is 13.3. The fourth-order valence-corrected chi connectivity index (χ4v) is 4.29. The molecule has 5 N–H and O–H groups in total. The second-order valence-corrected chi connectivity index (χ2v) is 10.6. The number of aromatic nitrogens is 2. The molecule has 1 aromatic carbocycles. The van der Waals surface area contributed by atoms with Crippen LogP contribution in [0.2, 0.25) is 10.0 Å². The van der Waals surface area contributed by atoms with Gasteiger partial charge in [-0.3, -0.25) is 9.79 Å². The number of benzene rings is 1. The van der Waals surface area contributed by atoms with Crippen molar-refractivity contribution in [1.29, 1.82) is 0 Å². The van der Waals surface area contributed by atoms with Crippen molar-refractivity contribution in [3.05, 3.63) is 64.2 Å². The topological polar surface area (TPSA) is 142 Å². The third-order valence-corrected chi connectivity index (χ3v) is 6.53. The van der Waals surface area contributed by atoms with E-state index in [1.54, 1.807) is 19.3 Å². The minimum Gasteiger partial charge on any atom is -0.391 e. The number of anilines is 2. The highest BCUT2D eigenvalue weighted by molar-refractivity contribution is 6.38. The Morgan fingerprint density at radius 3 is 2.55 bits per heavy atom. The summed E-state index contributed by atoms with van der Waals surface area (Å²) in [7, 11) is 3.39. The normalized spacial score (nSPS) is 15.1. The van der Waals surface area contributed by atoms with Crippen LogP contribution in [0.15, 0.2) is 52.9 Å². The Kier molecular flexibility index (Phi) is 10.5. The van der Waals surface area contributed by atoms with E-state index in [2.05, 4.69) is 42.5 Å². The lowest BCUT2D eigenvalue weighted by Crippen LogP contribution is -2.37. The zero-order valence-corrected chi connectivity index (χ0v) is 24.8. The Labute approximate surface area is 244 Å². The van der Waals surface area contributed by atoms with Gasteiger partial charge in [0, 0.05) is 43.3 Å². The summed E-state index contributed by atoms with van der Waals surface area (Å²) in [5.74, 6) is 0.370. The van der Waals surface area contributed by atoms with E-state index < -0.39 is 5.91 Å². The van der Waals surface area contributed by atoms with Gasteiger partial charge in [-0.1, -0.05) is 50.6 Å². The molecular weight excluding hydrogens is 553 g/mol. The second-order valence-electron chi connectivity index (χ2n) is 9.78. The minimum atomic E-state index is -0.505. The number of nitrogens with two attached hydrogens (primary N) is 1. The van der Waals surface area contributed by atoms with Gasteiger partial charge in [0.25, 0.3) is 5.91 Å². The van der Waals surface area contributed by atoms with E-state index in [-0.39, 0.29) is 32.5 Å². The zero-order valence-electron chi connectivity index (χ0n) is 23.3. The highest BCUT2D eigenvalue weighted by Gasteiger charge is 2.21. The van der Waals surface area contributed by atoms with Crippen LogP contribution in [0.5, 0.6) is 0 Å². The number of hydrogen-bond donors (Lipinski definition) is 4. The van der Waals surface area contributed by atoms with Crippen LogP contribution in [0.4, 0.5) is 17.3 Å². The number of nitrogens with one attached hydrogen (secondary N) is 3. The number of rotatable bonds is 8. The van der Waals surface area contributed by atoms with Crippen molar-refractivity contribution < 1.29 is 9.53 Å². The van der Waals surface area contributed by atoms with Crippen LogP contribution in [-0.2, 0) is 4.74 Å². The number of aliphatic imine (C=N–C) groups is 2. The van der Waals surface area contributed by atoms with Crippen LogP contribution >= 0.6 is 23.2 Å². The summed E-state index contributed by atoms with van der Waals surface area (Å²) in [6.45, 7) is 12.3. The molecule has 2 aromatic rings. The van der Waals surface area contributed by atoms with Crippen LogP contribution in [0, 0.1) is 5.41 Å². The van der Waals surface area contributed by atoms with E-state index in [0.29, 0.717) is 49.5 Å². The number of halogens is 2. The van der Waals surface area contributed by atoms with Crippen LogP contribution < -0.4 is 26.6 Å². The molecule has 214 valence electrons. The summed E-state index contributed by atoms with van der Waals surface area (Å²) >= 11 is 13.0.